The Morgan fingerprint density at radius 1 is 1.35 bits per heavy atom. The van der Waals surface area contributed by atoms with Gasteiger partial charge in [-0.25, -0.2) is 4.98 Å². The lowest BCUT2D eigenvalue weighted by atomic mass is 10.1. The molecule has 5 nitrogen and oxygen atoms in total. The molecule has 0 saturated carbocycles. The number of hydrogen-bond acceptors (Lipinski definition) is 4. The van der Waals surface area contributed by atoms with Gasteiger partial charge in [-0.1, -0.05) is 17.7 Å². The molecule has 1 heterocycles. The fourth-order valence-electron chi connectivity index (χ4n) is 2.18. The molecule has 0 fully saturated rings. The van der Waals surface area contributed by atoms with Crippen molar-refractivity contribution in [1.82, 2.24) is 9.55 Å². The van der Waals surface area contributed by atoms with Crippen LogP contribution in [0.5, 0.6) is 5.75 Å². The van der Waals surface area contributed by atoms with E-state index in [1.165, 1.54) is 5.56 Å². The third-order valence-corrected chi connectivity index (χ3v) is 3.22. The Morgan fingerprint density at radius 2 is 2.17 bits per heavy atom. The number of carbonyl (C=O) groups is 1. The molecule has 0 aliphatic carbocycles. The zero-order chi connectivity index (χ0) is 15.8. The lowest BCUT2D eigenvalue weighted by Crippen LogP contribution is -2.08. The number of esters is 1. The summed E-state index contributed by atoms with van der Waals surface area (Å²) in [6.07, 6.45) is 6.50. The maximum atomic E-state index is 11.3. The molecule has 0 atom stereocenters. The predicted octanol–water partition coefficient (Wildman–Crippen LogP) is 3.38. The van der Waals surface area contributed by atoms with E-state index >= 15 is 0 Å². The molecule has 0 radical (unpaired) electrons. The number of rotatable bonds is 8. The molecule has 1 aromatic carbocycles. The summed E-state index contributed by atoms with van der Waals surface area (Å²) in [5.41, 5.74) is 2.29. The predicted molar refractivity (Wildman–Crippen MR) is 91.1 cm³/mol. The molecule has 126 valence electrons. The van der Waals surface area contributed by atoms with Gasteiger partial charge >= 0.3 is 5.97 Å². The summed E-state index contributed by atoms with van der Waals surface area (Å²) in [4.78, 5) is 15.3. The van der Waals surface area contributed by atoms with Crippen molar-refractivity contribution in [3.05, 3.63) is 48.0 Å². The monoisotopic (exact) mass is 338 g/mol. The first kappa shape index (κ1) is 19.0. The normalized spacial score (nSPS) is 10.0. The van der Waals surface area contributed by atoms with Gasteiger partial charge < -0.3 is 14.0 Å². The van der Waals surface area contributed by atoms with Gasteiger partial charge in [-0.15, -0.1) is 12.4 Å². The molecule has 0 aliphatic heterocycles. The van der Waals surface area contributed by atoms with Crippen molar-refractivity contribution < 1.29 is 14.3 Å². The molecule has 0 unspecified atom stereocenters. The van der Waals surface area contributed by atoms with Gasteiger partial charge in [0.2, 0.25) is 0 Å². The maximum Gasteiger partial charge on any atom is 0.305 e. The van der Waals surface area contributed by atoms with E-state index < -0.39 is 0 Å². The Hall–Kier alpha value is -2.01. The molecular formula is C17H23ClN2O3. The molecule has 1 aromatic heterocycles. The summed E-state index contributed by atoms with van der Waals surface area (Å²) in [7, 11) is 0. The molecule has 0 amide bonds. The van der Waals surface area contributed by atoms with Crippen molar-refractivity contribution in [1.29, 1.82) is 0 Å². The largest absolute Gasteiger partial charge is 0.493 e. The highest BCUT2D eigenvalue weighted by molar-refractivity contribution is 5.85. The van der Waals surface area contributed by atoms with Crippen LogP contribution in [0.25, 0.3) is 0 Å². The topological polar surface area (TPSA) is 53.4 Å². The first-order valence-corrected chi connectivity index (χ1v) is 7.52. The number of aryl methyl sites for hydroxylation is 1. The van der Waals surface area contributed by atoms with E-state index in [1.807, 2.05) is 29.8 Å². The van der Waals surface area contributed by atoms with Crippen LogP contribution in [-0.4, -0.2) is 28.7 Å². The zero-order valence-corrected chi connectivity index (χ0v) is 14.3. The van der Waals surface area contributed by atoms with Gasteiger partial charge in [-0.3, -0.25) is 4.79 Å². The first-order chi connectivity index (χ1) is 10.7. The van der Waals surface area contributed by atoms with Gasteiger partial charge in [-0.05, 0) is 26.3 Å². The molecule has 2 rings (SSSR count). The molecule has 23 heavy (non-hydrogen) atoms. The molecule has 0 bridgehead atoms. The van der Waals surface area contributed by atoms with Gasteiger partial charge in [0.25, 0.3) is 0 Å². The van der Waals surface area contributed by atoms with Crippen molar-refractivity contribution in [2.24, 2.45) is 0 Å². The lowest BCUT2D eigenvalue weighted by Gasteiger charge is -2.13. The average molecular weight is 339 g/mol. The van der Waals surface area contributed by atoms with Crippen LogP contribution in [0, 0.1) is 6.92 Å². The molecule has 0 N–H and O–H groups in total. The van der Waals surface area contributed by atoms with E-state index in [0.29, 0.717) is 26.1 Å². The summed E-state index contributed by atoms with van der Waals surface area (Å²) in [5, 5.41) is 0. The van der Waals surface area contributed by atoms with Gasteiger partial charge in [0.05, 0.1) is 26.1 Å². The molecule has 2 aromatic rings. The van der Waals surface area contributed by atoms with Gasteiger partial charge in [0.15, 0.2) is 0 Å². The number of ether oxygens (including phenoxy) is 2. The van der Waals surface area contributed by atoms with Crippen LogP contribution in [0.15, 0.2) is 36.9 Å². The van der Waals surface area contributed by atoms with E-state index in [9.17, 15) is 4.79 Å². The average Bonchev–Trinajstić information content (AvgIpc) is 2.99. The SMILES string of the molecule is CCOC(=O)CCCOc1ccc(C)cc1Cn1ccnc1.Cl. The molecular weight excluding hydrogens is 316 g/mol. The van der Waals surface area contributed by atoms with Crippen molar-refractivity contribution >= 4 is 18.4 Å². The number of carbonyl (C=O) groups excluding carboxylic acids is 1. The minimum atomic E-state index is -0.173. The van der Waals surface area contributed by atoms with Crippen LogP contribution < -0.4 is 4.74 Å². The zero-order valence-electron chi connectivity index (χ0n) is 13.5. The van der Waals surface area contributed by atoms with Crippen molar-refractivity contribution in [2.75, 3.05) is 13.2 Å². The first-order valence-electron chi connectivity index (χ1n) is 7.52. The van der Waals surface area contributed by atoms with E-state index in [0.717, 1.165) is 17.9 Å². The van der Waals surface area contributed by atoms with Gasteiger partial charge in [-0.2, -0.15) is 0 Å². The Kier molecular flexibility index (Phi) is 8.19. The Bertz CT molecular complexity index is 600. The number of aromatic nitrogens is 2. The Morgan fingerprint density at radius 3 is 2.87 bits per heavy atom. The van der Waals surface area contributed by atoms with E-state index in [4.69, 9.17) is 9.47 Å². The van der Waals surface area contributed by atoms with Crippen molar-refractivity contribution in [3.8, 4) is 5.75 Å². The second kappa shape index (κ2) is 9.90. The third-order valence-electron chi connectivity index (χ3n) is 3.22. The number of imidazole rings is 1. The number of hydrogen-bond donors (Lipinski definition) is 0. The standard InChI is InChI=1S/C17H22N2O3.ClH/c1-3-21-17(20)5-4-10-22-16-7-6-14(2)11-15(16)12-19-9-8-18-13-19;/h6-9,11,13H,3-5,10,12H2,1-2H3;1H. The Labute approximate surface area is 143 Å². The van der Waals surface area contributed by atoms with Gasteiger partial charge in [0.1, 0.15) is 5.75 Å². The molecule has 0 spiro atoms. The van der Waals surface area contributed by atoms with E-state index in [2.05, 4.69) is 18.0 Å². The molecule has 0 aliphatic rings. The quantitative estimate of drug-likeness (QED) is 0.547. The maximum absolute atomic E-state index is 11.3. The van der Waals surface area contributed by atoms with Crippen LogP contribution in [-0.2, 0) is 16.1 Å². The molecule has 6 heteroatoms. The second-order valence-electron chi connectivity index (χ2n) is 5.10. The van der Waals surface area contributed by atoms with Crippen LogP contribution >= 0.6 is 12.4 Å². The van der Waals surface area contributed by atoms with Gasteiger partial charge in [0, 0.05) is 24.4 Å². The van der Waals surface area contributed by atoms with Crippen LogP contribution in [0.4, 0.5) is 0 Å². The summed E-state index contributed by atoms with van der Waals surface area (Å²) in [6, 6.07) is 6.12. The smallest absolute Gasteiger partial charge is 0.305 e. The number of benzene rings is 1. The van der Waals surface area contributed by atoms with Crippen LogP contribution in [0.1, 0.15) is 30.9 Å². The minimum Gasteiger partial charge on any atom is -0.493 e. The fraction of sp³-hybridized carbons (Fsp3) is 0.412. The summed E-state index contributed by atoms with van der Waals surface area (Å²) in [6.45, 7) is 5.51. The highest BCUT2D eigenvalue weighted by Crippen LogP contribution is 2.21. The van der Waals surface area contributed by atoms with E-state index in [1.54, 1.807) is 12.5 Å². The third kappa shape index (κ3) is 6.32. The van der Waals surface area contributed by atoms with Crippen LogP contribution in [0.3, 0.4) is 0 Å². The summed E-state index contributed by atoms with van der Waals surface area (Å²) < 4.78 is 12.7. The minimum absolute atomic E-state index is 0. The fourth-order valence-corrected chi connectivity index (χ4v) is 2.18. The number of nitrogens with zero attached hydrogens (tertiary/aromatic N) is 2. The highest BCUT2D eigenvalue weighted by atomic mass is 35.5. The van der Waals surface area contributed by atoms with Crippen molar-refractivity contribution in [3.63, 3.8) is 0 Å². The Balaban J connectivity index is 0.00000264. The molecule has 0 saturated heterocycles. The summed E-state index contributed by atoms with van der Waals surface area (Å²) >= 11 is 0. The second-order valence-corrected chi connectivity index (χ2v) is 5.10. The summed E-state index contributed by atoms with van der Waals surface area (Å²) in [5.74, 6) is 0.678. The van der Waals surface area contributed by atoms with Crippen LogP contribution in [0.2, 0.25) is 0 Å². The number of halogens is 1. The lowest BCUT2D eigenvalue weighted by molar-refractivity contribution is -0.143. The highest BCUT2D eigenvalue weighted by Gasteiger charge is 2.06. The van der Waals surface area contributed by atoms with Crippen molar-refractivity contribution in [2.45, 2.75) is 33.2 Å². The van der Waals surface area contributed by atoms with E-state index in [-0.39, 0.29) is 18.4 Å².